The summed E-state index contributed by atoms with van der Waals surface area (Å²) in [7, 11) is 0. The van der Waals surface area contributed by atoms with Gasteiger partial charge >= 0.3 is 17.9 Å². The molecule has 0 saturated carbocycles. The van der Waals surface area contributed by atoms with Gasteiger partial charge in [-0.25, -0.2) is 23.1 Å². The van der Waals surface area contributed by atoms with Gasteiger partial charge in [0.25, 0.3) is 5.91 Å². The molecular weight excluding hydrogens is 590 g/mol. The number of hydrogen-bond donors (Lipinski definition) is 2. The van der Waals surface area contributed by atoms with Crippen LogP contribution in [0.5, 0.6) is 5.75 Å². The van der Waals surface area contributed by atoms with Crippen LogP contribution in [0.1, 0.15) is 35.0 Å². The van der Waals surface area contributed by atoms with Crippen molar-refractivity contribution in [3.63, 3.8) is 0 Å². The van der Waals surface area contributed by atoms with Crippen LogP contribution in [-0.2, 0) is 31.0 Å². The molecule has 16 heteroatoms. The molecule has 4 rings (SSSR count). The molecule has 0 radical (unpaired) electrons. The van der Waals surface area contributed by atoms with Crippen LogP contribution in [0, 0.1) is 5.82 Å². The highest BCUT2D eigenvalue weighted by molar-refractivity contribution is 5.91. The topological polar surface area (TPSA) is 142 Å². The molecule has 44 heavy (non-hydrogen) atoms. The van der Waals surface area contributed by atoms with Crippen LogP contribution < -0.4 is 21.1 Å². The summed E-state index contributed by atoms with van der Waals surface area (Å²) >= 11 is 0. The SMILES string of the molecule is CC(F)(F)Oc1cccc(CNC(=O)c2cn(CC(F)CCn3ccc(NC(=O)OCc4ccccc4F)nc3=O)nn2)c1. The lowest BCUT2D eigenvalue weighted by Crippen LogP contribution is -2.26. The number of carbonyl (C=O) groups excluding carboxylic acids is 2. The fourth-order valence-corrected chi connectivity index (χ4v) is 3.83. The van der Waals surface area contributed by atoms with Gasteiger partial charge in [0.2, 0.25) is 0 Å². The predicted octanol–water partition coefficient (Wildman–Crippen LogP) is 4.07. The van der Waals surface area contributed by atoms with Crippen LogP contribution in [0.25, 0.3) is 0 Å². The molecule has 1 unspecified atom stereocenters. The molecule has 0 spiro atoms. The first-order valence-electron chi connectivity index (χ1n) is 13.2. The maximum atomic E-state index is 14.7. The van der Waals surface area contributed by atoms with Gasteiger partial charge in [-0.3, -0.25) is 14.7 Å². The molecule has 2 amide bonds. The molecule has 2 aromatic carbocycles. The lowest BCUT2D eigenvalue weighted by molar-refractivity contribution is -0.159. The Bertz CT molecular complexity index is 1660. The fourth-order valence-electron chi connectivity index (χ4n) is 3.83. The lowest BCUT2D eigenvalue weighted by Gasteiger charge is -2.13. The van der Waals surface area contributed by atoms with Gasteiger partial charge in [0.15, 0.2) is 5.69 Å². The molecule has 0 aliphatic carbocycles. The van der Waals surface area contributed by atoms with Crippen molar-refractivity contribution in [3.05, 3.63) is 100 Å². The van der Waals surface area contributed by atoms with Crippen LogP contribution >= 0.6 is 0 Å². The van der Waals surface area contributed by atoms with Gasteiger partial charge in [-0.05, 0) is 36.2 Å². The van der Waals surface area contributed by atoms with Crippen molar-refractivity contribution in [1.29, 1.82) is 0 Å². The van der Waals surface area contributed by atoms with Gasteiger partial charge in [-0.1, -0.05) is 35.5 Å². The third-order valence-electron chi connectivity index (χ3n) is 5.91. The van der Waals surface area contributed by atoms with Crippen molar-refractivity contribution in [2.75, 3.05) is 5.32 Å². The van der Waals surface area contributed by atoms with Crippen LogP contribution in [0.4, 0.5) is 28.2 Å². The Morgan fingerprint density at radius 1 is 1.11 bits per heavy atom. The average molecular weight is 618 g/mol. The summed E-state index contributed by atoms with van der Waals surface area (Å²) in [5, 5.41) is 12.3. The van der Waals surface area contributed by atoms with E-state index in [0.717, 1.165) is 9.25 Å². The molecule has 12 nitrogen and oxygen atoms in total. The van der Waals surface area contributed by atoms with Gasteiger partial charge < -0.3 is 14.8 Å². The second kappa shape index (κ2) is 14.3. The molecule has 0 aliphatic heterocycles. The summed E-state index contributed by atoms with van der Waals surface area (Å²) in [4.78, 5) is 40.4. The van der Waals surface area contributed by atoms with Crippen molar-refractivity contribution < 1.29 is 36.6 Å². The van der Waals surface area contributed by atoms with E-state index in [2.05, 4.69) is 30.7 Å². The highest BCUT2D eigenvalue weighted by Gasteiger charge is 2.23. The first kappa shape index (κ1) is 31.7. The van der Waals surface area contributed by atoms with E-state index < -0.39 is 35.8 Å². The van der Waals surface area contributed by atoms with E-state index in [9.17, 15) is 31.9 Å². The smallest absolute Gasteiger partial charge is 0.413 e. The predicted molar refractivity (Wildman–Crippen MR) is 147 cm³/mol. The van der Waals surface area contributed by atoms with Crippen molar-refractivity contribution in [2.45, 2.75) is 51.9 Å². The molecule has 2 N–H and O–H groups in total. The Morgan fingerprint density at radius 3 is 2.66 bits per heavy atom. The van der Waals surface area contributed by atoms with Crippen molar-refractivity contribution >= 4 is 17.8 Å². The van der Waals surface area contributed by atoms with E-state index in [4.69, 9.17) is 4.74 Å². The van der Waals surface area contributed by atoms with Crippen LogP contribution in [0.15, 0.2) is 71.8 Å². The van der Waals surface area contributed by atoms with Crippen LogP contribution in [0.3, 0.4) is 0 Å². The molecule has 2 aromatic heterocycles. The fraction of sp³-hybridized carbons (Fsp3) is 0.286. The van der Waals surface area contributed by atoms with E-state index in [1.54, 1.807) is 12.1 Å². The summed E-state index contributed by atoms with van der Waals surface area (Å²) in [6.07, 6.45) is -3.29. The van der Waals surface area contributed by atoms with Gasteiger partial charge in [0, 0.05) is 31.8 Å². The number of alkyl halides is 3. The Kier molecular flexibility index (Phi) is 10.3. The van der Waals surface area contributed by atoms with Gasteiger partial charge in [0.1, 0.15) is 30.2 Å². The summed E-state index contributed by atoms with van der Waals surface area (Å²) in [5.74, 6) is -1.30. The van der Waals surface area contributed by atoms with E-state index in [1.165, 1.54) is 54.9 Å². The number of rotatable bonds is 13. The van der Waals surface area contributed by atoms with E-state index in [-0.39, 0.29) is 55.5 Å². The van der Waals surface area contributed by atoms with Crippen molar-refractivity contribution in [3.8, 4) is 5.75 Å². The second-order valence-corrected chi connectivity index (χ2v) is 9.53. The number of aryl methyl sites for hydroxylation is 1. The zero-order valence-electron chi connectivity index (χ0n) is 23.3. The number of aromatic nitrogens is 5. The van der Waals surface area contributed by atoms with E-state index in [0.29, 0.717) is 12.5 Å². The minimum atomic E-state index is -3.35. The average Bonchev–Trinajstić information content (AvgIpc) is 3.43. The molecule has 0 fully saturated rings. The first-order valence-corrected chi connectivity index (χ1v) is 13.2. The molecular formula is C28H27F4N7O5. The summed E-state index contributed by atoms with van der Waals surface area (Å²) in [6, 6.07) is 12.9. The van der Waals surface area contributed by atoms with E-state index in [1.807, 2.05) is 0 Å². The minimum Gasteiger partial charge on any atom is -0.444 e. The third-order valence-corrected chi connectivity index (χ3v) is 5.91. The number of ether oxygens (including phenoxy) is 2. The van der Waals surface area contributed by atoms with Crippen LogP contribution in [-0.4, -0.2) is 48.8 Å². The quantitative estimate of drug-likeness (QED) is 0.214. The number of amides is 2. The van der Waals surface area contributed by atoms with Gasteiger partial charge in [-0.15, -0.1) is 5.10 Å². The summed E-state index contributed by atoms with van der Waals surface area (Å²) in [6.45, 7) is -0.00206. The molecule has 0 aliphatic rings. The third kappa shape index (κ3) is 9.64. The Labute approximate surface area is 247 Å². The van der Waals surface area contributed by atoms with Gasteiger partial charge in [-0.2, -0.15) is 13.8 Å². The number of halogens is 4. The number of carbonyl (C=O) groups is 2. The normalized spacial score (nSPS) is 11.9. The zero-order valence-corrected chi connectivity index (χ0v) is 23.3. The maximum Gasteiger partial charge on any atom is 0.413 e. The highest BCUT2D eigenvalue weighted by Crippen LogP contribution is 2.21. The standard InChI is InChI=1S/C28H27F4N7O5/c1-28(31,32)44-21-7-4-5-18(13-21)14-33-25(40)23-16-39(37-36-23)15-20(29)9-11-38-12-10-24(34-26(38)41)35-27(42)43-17-19-6-2-3-8-22(19)30/h2-8,10,12-13,16,20H,9,11,14-15,17H2,1H3,(H,33,40)(H,34,35,41,42). The zero-order chi connectivity index (χ0) is 31.7. The monoisotopic (exact) mass is 617 g/mol. The highest BCUT2D eigenvalue weighted by atomic mass is 19.3. The first-order chi connectivity index (χ1) is 20.9. The second-order valence-electron chi connectivity index (χ2n) is 9.53. The molecule has 0 saturated heterocycles. The molecule has 4 aromatic rings. The number of nitrogens with zero attached hydrogens (tertiary/aromatic N) is 5. The van der Waals surface area contributed by atoms with Crippen molar-refractivity contribution in [2.24, 2.45) is 0 Å². The molecule has 232 valence electrons. The van der Waals surface area contributed by atoms with E-state index >= 15 is 0 Å². The molecule has 0 bridgehead atoms. The van der Waals surface area contributed by atoms with Crippen molar-refractivity contribution in [1.82, 2.24) is 29.9 Å². The number of nitrogens with one attached hydrogen (secondary N) is 2. The maximum absolute atomic E-state index is 14.7. The molecule has 2 heterocycles. The van der Waals surface area contributed by atoms with Crippen LogP contribution in [0.2, 0.25) is 0 Å². The Balaban J connectivity index is 1.21. The summed E-state index contributed by atoms with van der Waals surface area (Å²) in [5.41, 5.74) is -0.148. The number of benzene rings is 2. The number of hydrogen-bond acceptors (Lipinski definition) is 8. The Morgan fingerprint density at radius 2 is 1.91 bits per heavy atom. The van der Waals surface area contributed by atoms with Gasteiger partial charge in [0.05, 0.1) is 12.7 Å². The Hall–Kier alpha value is -5.28. The molecule has 1 atom stereocenters. The number of anilines is 1. The largest absolute Gasteiger partial charge is 0.444 e. The minimum absolute atomic E-state index is 0.00410. The summed E-state index contributed by atoms with van der Waals surface area (Å²) < 4.78 is 66.2. The lowest BCUT2D eigenvalue weighted by atomic mass is 10.2.